The van der Waals surface area contributed by atoms with Crippen LogP contribution in [0.3, 0.4) is 0 Å². The molecule has 4 amide bonds. The number of hydrogen-bond acceptors (Lipinski definition) is 10. The number of guanidine groups is 1. The van der Waals surface area contributed by atoms with Crippen LogP contribution < -0.4 is 10.6 Å². The topological polar surface area (TPSA) is 176 Å². The van der Waals surface area contributed by atoms with Crippen molar-refractivity contribution in [1.82, 2.24) is 20.4 Å². The summed E-state index contributed by atoms with van der Waals surface area (Å²) >= 11 is 9.32. The third-order valence-electron chi connectivity index (χ3n) is 6.20. The quantitative estimate of drug-likeness (QED) is 0.227. The molecule has 1 fully saturated rings. The molecular formula is C29H33BrClN5O9. The zero-order chi connectivity index (χ0) is 33.1. The first kappa shape index (κ1) is 35.1. The van der Waals surface area contributed by atoms with Gasteiger partial charge in [-0.15, -0.1) is 0 Å². The number of nitrogens with zero attached hydrogens (tertiary/aromatic N) is 3. The molecule has 16 heteroatoms. The standard InChI is InChI=1S/C29H33BrClN5O9/c1-4-43-24(38)15-22(20-13-18(31)14-21(30)25(20)39)34-23(37)16-32-26(40)17-8-7-9-19(12-17)33-27-35(28(41)44-5-2)10-11-36(27)29(42)45-6-3/h7-9,12-14,22,39H,4-6,10-11,15-16H2,1-3H3,(H,32,40)(H,34,37). The Bertz CT molecular complexity index is 1440. The molecular weight excluding hydrogens is 678 g/mol. The van der Waals surface area contributed by atoms with E-state index in [1.807, 2.05) is 0 Å². The van der Waals surface area contributed by atoms with Gasteiger partial charge >= 0.3 is 18.2 Å². The van der Waals surface area contributed by atoms with Gasteiger partial charge in [0.05, 0.1) is 62.1 Å². The summed E-state index contributed by atoms with van der Waals surface area (Å²) in [5.74, 6) is -2.15. The van der Waals surface area contributed by atoms with E-state index in [9.17, 15) is 29.1 Å². The largest absolute Gasteiger partial charge is 0.506 e. The molecule has 242 valence electrons. The van der Waals surface area contributed by atoms with E-state index in [0.29, 0.717) is 0 Å². The zero-order valence-corrected chi connectivity index (χ0v) is 27.1. The van der Waals surface area contributed by atoms with E-state index in [1.54, 1.807) is 32.9 Å². The van der Waals surface area contributed by atoms with Crippen LogP contribution in [0.25, 0.3) is 0 Å². The lowest BCUT2D eigenvalue weighted by atomic mass is 10.0. The minimum atomic E-state index is -1.02. The molecule has 2 aromatic carbocycles. The van der Waals surface area contributed by atoms with Crippen LogP contribution in [0.5, 0.6) is 5.75 Å². The molecule has 0 bridgehead atoms. The van der Waals surface area contributed by atoms with E-state index in [-0.39, 0.29) is 77.3 Å². The second-order valence-corrected chi connectivity index (χ2v) is 10.6. The van der Waals surface area contributed by atoms with Crippen molar-refractivity contribution in [3.63, 3.8) is 0 Å². The van der Waals surface area contributed by atoms with E-state index in [2.05, 4.69) is 31.6 Å². The molecule has 2 aromatic rings. The number of esters is 1. The summed E-state index contributed by atoms with van der Waals surface area (Å²) in [6, 6.07) is 7.86. The van der Waals surface area contributed by atoms with Gasteiger partial charge in [-0.05, 0) is 67.0 Å². The van der Waals surface area contributed by atoms with Crippen LogP contribution in [-0.4, -0.2) is 90.3 Å². The fraction of sp³-hybridized carbons (Fsp3) is 0.379. The molecule has 0 radical (unpaired) electrons. The van der Waals surface area contributed by atoms with Gasteiger partial charge in [0.2, 0.25) is 11.9 Å². The number of amides is 4. The molecule has 1 aliphatic rings. The molecule has 1 saturated heterocycles. The van der Waals surface area contributed by atoms with E-state index >= 15 is 0 Å². The van der Waals surface area contributed by atoms with Crippen molar-refractivity contribution < 1.29 is 43.3 Å². The molecule has 0 saturated carbocycles. The van der Waals surface area contributed by atoms with Crippen molar-refractivity contribution in [2.75, 3.05) is 39.5 Å². The second-order valence-electron chi connectivity index (χ2n) is 9.30. The van der Waals surface area contributed by atoms with Crippen LogP contribution in [0.2, 0.25) is 5.02 Å². The normalized spacial score (nSPS) is 13.1. The summed E-state index contributed by atoms with van der Waals surface area (Å²) in [5.41, 5.74) is 0.547. The smallest absolute Gasteiger partial charge is 0.416 e. The van der Waals surface area contributed by atoms with E-state index in [1.165, 1.54) is 34.1 Å². The van der Waals surface area contributed by atoms with Crippen molar-refractivity contribution in [2.45, 2.75) is 33.2 Å². The highest BCUT2D eigenvalue weighted by atomic mass is 79.9. The SMILES string of the molecule is CCOC(=O)CC(NC(=O)CNC(=O)c1cccc(N=C2N(C(=O)OCC)CCN2C(=O)OCC)c1)c1cc(Cl)cc(Br)c1O. The Kier molecular flexibility index (Phi) is 13.0. The van der Waals surface area contributed by atoms with Gasteiger partial charge in [-0.3, -0.25) is 14.4 Å². The lowest BCUT2D eigenvalue weighted by Crippen LogP contribution is -2.40. The van der Waals surface area contributed by atoms with E-state index in [4.69, 9.17) is 25.8 Å². The molecule has 1 unspecified atom stereocenters. The third kappa shape index (κ3) is 9.56. The van der Waals surface area contributed by atoms with Gasteiger partial charge in [0.25, 0.3) is 5.91 Å². The number of nitrogens with one attached hydrogen (secondary N) is 2. The van der Waals surface area contributed by atoms with Crippen LogP contribution in [-0.2, 0) is 23.8 Å². The summed E-state index contributed by atoms with van der Waals surface area (Å²) in [5, 5.41) is 15.9. The van der Waals surface area contributed by atoms with Crippen molar-refractivity contribution in [2.24, 2.45) is 4.99 Å². The van der Waals surface area contributed by atoms with Crippen LogP contribution in [0, 0.1) is 0 Å². The first-order valence-electron chi connectivity index (χ1n) is 14.0. The molecule has 0 spiro atoms. The average molecular weight is 711 g/mol. The number of aromatic hydroxyl groups is 1. The number of ether oxygens (including phenoxy) is 3. The molecule has 3 rings (SSSR count). The number of phenols is 1. The lowest BCUT2D eigenvalue weighted by molar-refractivity contribution is -0.143. The molecule has 45 heavy (non-hydrogen) atoms. The molecule has 1 aliphatic heterocycles. The Morgan fingerprint density at radius 2 is 1.60 bits per heavy atom. The molecule has 1 heterocycles. The molecule has 0 aromatic heterocycles. The van der Waals surface area contributed by atoms with Crippen molar-refractivity contribution in [1.29, 1.82) is 0 Å². The summed E-state index contributed by atoms with van der Waals surface area (Å²) < 4.78 is 15.4. The summed E-state index contributed by atoms with van der Waals surface area (Å²) in [7, 11) is 0. The summed E-state index contributed by atoms with van der Waals surface area (Å²) in [6.07, 6.45) is -1.69. The van der Waals surface area contributed by atoms with Gasteiger partial charge in [-0.1, -0.05) is 17.7 Å². The second kappa shape index (κ2) is 16.6. The maximum Gasteiger partial charge on any atom is 0.416 e. The minimum Gasteiger partial charge on any atom is -0.506 e. The maximum absolute atomic E-state index is 13.0. The van der Waals surface area contributed by atoms with Gasteiger partial charge in [0, 0.05) is 16.1 Å². The Balaban J connectivity index is 1.76. The Labute approximate surface area is 272 Å². The van der Waals surface area contributed by atoms with Crippen LogP contribution in [0.1, 0.15) is 49.2 Å². The fourth-order valence-electron chi connectivity index (χ4n) is 4.23. The number of rotatable bonds is 11. The first-order chi connectivity index (χ1) is 21.5. The van der Waals surface area contributed by atoms with Gasteiger partial charge in [-0.2, -0.15) is 0 Å². The Hall–Kier alpha value is -4.37. The predicted molar refractivity (Wildman–Crippen MR) is 166 cm³/mol. The van der Waals surface area contributed by atoms with Gasteiger partial charge in [-0.25, -0.2) is 24.4 Å². The van der Waals surface area contributed by atoms with Gasteiger partial charge < -0.3 is 30.0 Å². The summed E-state index contributed by atoms with van der Waals surface area (Å²) in [4.78, 5) is 69.9. The van der Waals surface area contributed by atoms with Crippen LogP contribution in [0.4, 0.5) is 15.3 Å². The molecule has 3 N–H and O–H groups in total. The zero-order valence-electron chi connectivity index (χ0n) is 24.8. The highest BCUT2D eigenvalue weighted by Crippen LogP contribution is 2.36. The first-order valence-corrected chi connectivity index (χ1v) is 15.1. The molecule has 0 aliphatic carbocycles. The van der Waals surface area contributed by atoms with E-state index in [0.717, 1.165) is 0 Å². The van der Waals surface area contributed by atoms with E-state index < -0.39 is 42.6 Å². The van der Waals surface area contributed by atoms with Crippen LogP contribution >= 0.6 is 27.5 Å². The van der Waals surface area contributed by atoms with Crippen molar-refractivity contribution in [3.8, 4) is 5.75 Å². The van der Waals surface area contributed by atoms with Crippen LogP contribution in [0.15, 0.2) is 45.9 Å². The monoisotopic (exact) mass is 709 g/mol. The van der Waals surface area contributed by atoms with Crippen molar-refractivity contribution >= 4 is 69.1 Å². The minimum absolute atomic E-state index is 0.0209. The lowest BCUT2D eigenvalue weighted by Gasteiger charge is -2.21. The number of carbonyl (C=O) groups is 5. The predicted octanol–water partition coefficient (Wildman–Crippen LogP) is 4.27. The van der Waals surface area contributed by atoms with Crippen molar-refractivity contribution in [3.05, 3.63) is 57.0 Å². The molecule has 1 atom stereocenters. The highest BCUT2D eigenvalue weighted by molar-refractivity contribution is 9.10. The van der Waals surface area contributed by atoms with Gasteiger partial charge in [0.15, 0.2) is 0 Å². The number of halogens is 2. The van der Waals surface area contributed by atoms with Gasteiger partial charge in [0.1, 0.15) is 5.75 Å². The molecule has 14 nitrogen and oxygen atoms in total. The highest BCUT2D eigenvalue weighted by Gasteiger charge is 2.37. The number of hydrogen-bond donors (Lipinski definition) is 3. The number of benzene rings is 2. The summed E-state index contributed by atoms with van der Waals surface area (Å²) in [6.45, 7) is 5.07. The third-order valence-corrected chi connectivity index (χ3v) is 7.02. The Morgan fingerprint density at radius 3 is 2.20 bits per heavy atom. The average Bonchev–Trinajstić information content (AvgIpc) is 3.41. The number of aliphatic imine (C=N–C) groups is 1. The fourth-order valence-corrected chi connectivity index (χ4v) is 5.07. The maximum atomic E-state index is 13.0. The Morgan fingerprint density at radius 1 is 0.978 bits per heavy atom. The number of phenolic OH excluding ortho intramolecular Hbond substituents is 1. The number of carbonyl (C=O) groups excluding carboxylic acids is 5.